The first-order chi connectivity index (χ1) is 18.7. The average Bonchev–Trinajstić information content (AvgIpc) is 3.36. The molecule has 1 saturated carbocycles. The molecule has 4 heterocycles. The lowest BCUT2D eigenvalue weighted by Crippen LogP contribution is -2.56. The molecule has 1 aliphatic carbocycles. The Morgan fingerprint density at radius 2 is 1.80 bits per heavy atom. The molecule has 10 nitrogen and oxygen atoms in total. The number of hydrogen-bond acceptors (Lipinski definition) is 7. The molecule has 1 N–H and O–H groups in total. The number of aryl methyl sites for hydroxylation is 2. The first kappa shape index (κ1) is 26.4. The van der Waals surface area contributed by atoms with Crippen LogP contribution in [0.15, 0.2) is 35.6 Å². The molecular weight excluding hydrogens is 561 g/mol. The second-order valence-corrected chi connectivity index (χ2v) is 12.0. The minimum Gasteiger partial charge on any atom is -0.503 e. The normalized spacial score (nSPS) is 17.7. The molecule has 1 aliphatic heterocycles. The van der Waals surface area contributed by atoms with Crippen molar-refractivity contribution >= 4 is 26.7 Å². The zero-order chi connectivity index (χ0) is 28.8. The number of piperazine rings is 1. The van der Waals surface area contributed by atoms with Gasteiger partial charge in [-0.15, -0.1) is 0 Å². The van der Waals surface area contributed by atoms with Crippen LogP contribution in [0.2, 0.25) is 0 Å². The zero-order valence-corrected chi connectivity index (χ0v) is 21.9. The van der Waals surface area contributed by atoms with Gasteiger partial charge in [-0.25, -0.2) is 26.9 Å². The number of phenols is 1. The molecule has 16 heteroatoms. The Bertz CT molecular complexity index is 1780. The number of fused-ring (bicyclic) bond motifs is 1. The minimum absolute atomic E-state index is 0.106. The topological polar surface area (TPSA) is 109 Å². The van der Waals surface area contributed by atoms with Crippen LogP contribution in [0.4, 0.5) is 27.8 Å². The van der Waals surface area contributed by atoms with E-state index in [2.05, 4.69) is 15.2 Å². The molecule has 0 radical (unpaired) electrons. The minimum atomic E-state index is -5.18. The Hall–Kier alpha value is -3.79. The van der Waals surface area contributed by atoms with E-state index in [1.165, 1.54) is 27.6 Å². The van der Waals surface area contributed by atoms with Gasteiger partial charge < -0.3 is 10.0 Å². The predicted octanol–water partition coefficient (Wildman–Crippen LogP) is 3.51. The highest BCUT2D eigenvalue weighted by Crippen LogP contribution is 2.47. The number of benzene rings is 1. The highest BCUT2D eigenvalue weighted by Gasteiger charge is 2.54. The molecule has 2 aliphatic rings. The molecule has 4 aromatic rings. The lowest BCUT2D eigenvalue weighted by atomic mass is 10.1. The van der Waals surface area contributed by atoms with Gasteiger partial charge in [-0.1, -0.05) is 0 Å². The van der Waals surface area contributed by atoms with Crippen molar-refractivity contribution in [3.63, 3.8) is 0 Å². The standard InChI is InChI=1S/C24H22F5N7O3S/c1-13-15-7-19(35-6-5-34(12-23(35)3-4-23)40(38,39)14-9-31-33(2)11-14)30-10-18(15)36(32-13)17-8-16(24(27,28)29)20(25)22(37)21(17)26/h7-11,37H,3-6,12H2,1-2H3. The van der Waals surface area contributed by atoms with Crippen LogP contribution in [-0.4, -0.2) is 67.5 Å². The highest BCUT2D eigenvalue weighted by molar-refractivity contribution is 7.89. The van der Waals surface area contributed by atoms with Gasteiger partial charge in [0.15, 0.2) is 17.4 Å². The van der Waals surface area contributed by atoms with Crippen molar-refractivity contribution in [3.05, 3.63) is 53.6 Å². The van der Waals surface area contributed by atoms with Gasteiger partial charge in [-0.3, -0.25) is 4.68 Å². The van der Waals surface area contributed by atoms with Crippen molar-refractivity contribution in [2.75, 3.05) is 24.5 Å². The lowest BCUT2D eigenvalue weighted by Gasteiger charge is -2.42. The summed E-state index contributed by atoms with van der Waals surface area (Å²) in [5.74, 6) is -4.96. The molecule has 1 aromatic carbocycles. The molecule has 2 fully saturated rings. The molecule has 1 spiro atoms. The van der Waals surface area contributed by atoms with E-state index in [1.807, 2.05) is 4.90 Å². The fourth-order valence-electron chi connectivity index (χ4n) is 5.21. The molecule has 0 unspecified atom stereocenters. The van der Waals surface area contributed by atoms with Crippen LogP contribution >= 0.6 is 0 Å². The van der Waals surface area contributed by atoms with Gasteiger partial charge in [0.1, 0.15) is 16.4 Å². The quantitative estimate of drug-likeness (QED) is 0.367. The first-order valence-electron chi connectivity index (χ1n) is 12.1. The summed E-state index contributed by atoms with van der Waals surface area (Å²) >= 11 is 0. The number of halogens is 5. The van der Waals surface area contributed by atoms with Crippen LogP contribution < -0.4 is 4.90 Å². The smallest absolute Gasteiger partial charge is 0.419 e. The van der Waals surface area contributed by atoms with Crippen LogP contribution in [0.5, 0.6) is 5.75 Å². The van der Waals surface area contributed by atoms with E-state index in [9.17, 15) is 35.5 Å². The van der Waals surface area contributed by atoms with Crippen molar-refractivity contribution in [3.8, 4) is 11.4 Å². The summed E-state index contributed by atoms with van der Waals surface area (Å²) in [4.78, 5) is 6.57. The van der Waals surface area contributed by atoms with E-state index in [4.69, 9.17) is 0 Å². The van der Waals surface area contributed by atoms with Crippen molar-refractivity contribution < 1.29 is 35.5 Å². The molecule has 3 aromatic heterocycles. The Kier molecular flexibility index (Phi) is 5.68. The molecule has 40 heavy (non-hydrogen) atoms. The number of aromatic nitrogens is 5. The molecule has 0 amide bonds. The van der Waals surface area contributed by atoms with E-state index in [0.29, 0.717) is 23.4 Å². The lowest BCUT2D eigenvalue weighted by molar-refractivity contribution is -0.140. The average molecular weight is 584 g/mol. The van der Waals surface area contributed by atoms with E-state index >= 15 is 0 Å². The van der Waals surface area contributed by atoms with Crippen LogP contribution in [0.3, 0.4) is 0 Å². The third-order valence-corrected chi connectivity index (χ3v) is 9.27. The SMILES string of the molecule is Cc1nn(-c2cc(C(F)(F)F)c(F)c(O)c2F)c2cnc(N3CCN(S(=O)(=O)c4cnn(C)c4)CC34CC4)cc12. The monoisotopic (exact) mass is 583 g/mol. The molecule has 0 atom stereocenters. The zero-order valence-electron chi connectivity index (χ0n) is 21.1. The number of hydrogen-bond donors (Lipinski definition) is 1. The van der Waals surface area contributed by atoms with Crippen LogP contribution in [-0.2, 0) is 23.2 Å². The second kappa shape index (κ2) is 8.60. The van der Waals surface area contributed by atoms with Crippen LogP contribution in [0, 0.1) is 18.6 Å². The van der Waals surface area contributed by atoms with Gasteiger partial charge in [0.2, 0.25) is 10.0 Å². The first-order valence-corrected chi connectivity index (χ1v) is 13.6. The Morgan fingerprint density at radius 3 is 2.42 bits per heavy atom. The molecule has 6 rings (SSSR count). The Morgan fingerprint density at radius 1 is 1.07 bits per heavy atom. The van der Waals surface area contributed by atoms with Gasteiger partial charge in [0.05, 0.1) is 34.7 Å². The fourth-order valence-corrected chi connectivity index (χ4v) is 6.71. The number of pyridine rings is 1. The third kappa shape index (κ3) is 3.99. The van der Waals surface area contributed by atoms with E-state index in [-0.39, 0.29) is 29.6 Å². The summed E-state index contributed by atoms with van der Waals surface area (Å²) in [6, 6.07) is 1.91. The number of anilines is 1. The van der Waals surface area contributed by atoms with E-state index in [1.54, 1.807) is 20.0 Å². The number of sulfonamides is 1. The van der Waals surface area contributed by atoms with Gasteiger partial charge in [0.25, 0.3) is 0 Å². The molecule has 1 saturated heterocycles. The van der Waals surface area contributed by atoms with Crippen molar-refractivity contribution in [2.45, 2.75) is 36.4 Å². The second-order valence-electron chi connectivity index (χ2n) is 10.0. The van der Waals surface area contributed by atoms with Gasteiger partial charge in [-0.2, -0.15) is 27.7 Å². The fraction of sp³-hybridized carbons (Fsp3) is 0.375. The maximum absolute atomic E-state index is 14.8. The summed E-state index contributed by atoms with van der Waals surface area (Å²) in [5, 5.41) is 18.3. The summed E-state index contributed by atoms with van der Waals surface area (Å²) < 4.78 is 98.8. The molecule has 212 valence electrons. The van der Waals surface area contributed by atoms with Crippen LogP contribution in [0.1, 0.15) is 24.1 Å². The summed E-state index contributed by atoms with van der Waals surface area (Å²) in [7, 11) is -2.11. The van der Waals surface area contributed by atoms with E-state index < -0.39 is 50.4 Å². The van der Waals surface area contributed by atoms with E-state index in [0.717, 1.165) is 17.5 Å². The Balaban J connectivity index is 1.35. The summed E-state index contributed by atoms with van der Waals surface area (Å²) in [6.45, 7) is 2.33. The predicted molar refractivity (Wildman–Crippen MR) is 131 cm³/mol. The van der Waals surface area contributed by atoms with Crippen LogP contribution in [0.25, 0.3) is 16.6 Å². The number of phenolic OH excluding ortho intramolecular Hbond substituents is 1. The third-order valence-electron chi connectivity index (χ3n) is 7.47. The number of alkyl halides is 3. The van der Waals surface area contributed by atoms with Gasteiger partial charge >= 0.3 is 6.18 Å². The van der Waals surface area contributed by atoms with Gasteiger partial charge in [0, 0.05) is 38.3 Å². The number of aromatic hydroxyl groups is 1. The van der Waals surface area contributed by atoms with Crippen molar-refractivity contribution in [1.29, 1.82) is 0 Å². The van der Waals surface area contributed by atoms with Gasteiger partial charge in [-0.05, 0) is 31.9 Å². The number of nitrogens with zero attached hydrogens (tertiary/aromatic N) is 7. The highest BCUT2D eigenvalue weighted by atomic mass is 32.2. The summed E-state index contributed by atoms with van der Waals surface area (Å²) in [6.07, 6.45) is 0.330. The Labute approximate surface area is 224 Å². The summed E-state index contributed by atoms with van der Waals surface area (Å²) in [5.41, 5.74) is -2.62. The maximum Gasteiger partial charge on any atom is 0.419 e. The number of rotatable bonds is 4. The largest absolute Gasteiger partial charge is 0.503 e. The molecular formula is C24H22F5N7O3S. The van der Waals surface area contributed by atoms with Crippen molar-refractivity contribution in [1.82, 2.24) is 28.9 Å². The van der Waals surface area contributed by atoms with Crippen molar-refractivity contribution in [2.24, 2.45) is 7.05 Å². The maximum atomic E-state index is 14.8. The molecule has 0 bridgehead atoms.